The van der Waals surface area contributed by atoms with Crippen molar-refractivity contribution in [1.82, 2.24) is 0 Å². The maximum absolute atomic E-state index is 11.8. The molecule has 6 aromatic carbocycles. The van der Waals surface area contributed by atoms with Gasteiger partial charge in [0.1, 0.15) is 49.4 Å². The summed E-state index contributed by atoms with van der Waals surface area (Å²) in [6.07, 6.45) is 1.72. The SMILES string of the molecule is CC(C)(C)c1cc2c3c(c1)Cc1cc(C(C)(C)C)cc(c1OCc1ccc([N+](=O)[O-])cc1)Cc1cc(C(C)(C)C)cc(c1OCCOCCOCCOCCOCCO3)Cc1cc(C(C)(C)C)cc(c1OCc1ccc([N+](=O)[O-])cc1)C2. The Labute approximate surface area is 485 Å². The van der Waals surface area contributed by atoms with Gasteiger partial charge in [0, 0.05) is 49.9 Å². The quantitative estimate of drug-likeness (QED) is 0.105. The van der Waals surface area contributed by atoms with Crippen LogP contribution in [-0.2, 0) is 79.5 Å². The van der Waals surface area contributed by atoms with E-state index in [1.165, 1.54) is 24.3 Å². The van der Waals surface area contributed by atoms with E-state index < -0.39 is 0 Å². The molecule has 0 unspecified atom stereocenters. The first-order valence-electron chi connectivity index (χ1n) is 28.8. The zero-order valence-electron chi connectivity index (χ0n) is 50.3. The number of nitro groups is 2. The van der Waals surface area contributed by atoms with Crippen LogP contribution in [0, 0.1) is 20.2 Å². The number of hydrogen-bond donors (Lipinski definition) is 0. The lowest BCUT2D eigenvalue weighted by Crippen LogP contribution is -2.18. The summed E-state index contributed by atoms with van der Waals surface area (Å²) in [7, 11) is 0. The van der Waals surface area contributed by atoms with Crippen molar-refractivity contribution < 1.29 is 47.7 Å². The molecule has 0 N–H and O–H groups in total. The first-order valence-corrected chi connectivity index (χ1v) is 28.8. The molecule has 0 saturated carbocycles. The van der Waals surface area contributed by atoms with Gasteiger partial charge in [-0.1, -0.05) is 132 Å². The molecule has 1 heterocycles. The summed E-state index contributed by atoms with van der Waals surface area (Å²) in [5.74, 6) is 2.93. The number of non-ortho nitro benzene ring substituents is 2. The average molecular weight is 1120 g/mol. The lowest BCUT2D eigenvalue weighted by molar-refractivity contribution is -0.385. The average Bonchev–Trinajstić information content (AvgIpc) is 3.35. The molecule has 438 valence electrons. The molecule has 14 heteroatoms. The molecular weight excluding hydrogens is 1040 g/mol. The van der Waals surface area contributed by atoms with Crippen molar-refractivity contribution in [3.63, 3.8) is 0 Å². The van der Waals surface area contributed by atoms with Gasteiger partial charge in [-0.2, -0.15) is 0 Å². The van der Waals surface area contributed by atoms with Crippen LogP contribution in [0.2, 0.25) is 0 Å². The molecule has 0 amide bonds. The molecule has 0 radical (unpaired) electrons. The fourth-order valence-corrected chi connectivity index (χ4v) is 10.3. The Morgan fingerprint density at radius 1 is 0.366 bits per heavy atom. The molecule has 0 saturated heterocycles. The van der Waals surface area contributed by atoms with Gasteiger partial charge < -0.3 is 37.9 Å². The van der Waals surface area contributed by atoms with E-state index in [9.17, 15) is 20.2 Å². The highest BCUT2D eigenvalue weighted by Crippen LogP contribution is 2.45. The molecule has 0 spiro atoms. The molecule has 0 aromatic heterocycles. The van der Waals surface area contributed by atoms with Crippen molar-refractivity contribution in [2.45, 2.75) is 144 Å². The van der Waals surface area contributed by atoms with Crippen LogP contribution in [0.1, 0.15) is 161 Å². The second-order valence-electron chi connectivity index (χ2n) is 25.8. The number of fused-ring (bicyclic) bond motifs is 2. The Morgan fingerprint density at radius 3 is 0.829 bits per heavy atom. The Balaban J connectivity index is 1.45. The summed E-state index contributed by atoms with van der Waals surface area (Å²) >= 11 is 0. The van der Waals surface area contributed by atoms with Gasteiger partial charge in [-0.25, -0.2) is 0 Å². The van der Waals surface area contributed by atoms with Gasteiger partial charge in [-0.15, -0.1) is 0 Å². The van der Waals surface area contributed by atoms with Crippen LogP contribution in [0.5, 0.6) is 23.0 Å². The first kappa shape index (κ1) is 61.2. The summed E-state index contributed by atoms with van der Waals surface area (Å²) in [5.41, 5.74) is 12.8. The molecule has 2 aliphatic rings. The van der Waals surface area contributed by atoms with Crippen LogP contribution in [-0.4, -0.2) is 75.9 Å². The van der Waals surface area contributed by atoms with Crippen molar-refractivity contribution in [3.05, 3.63) is 195 Å². The Bertz CT molecular complexity index is 2880. The van der Waals surface area contributed by atoms with Gasteiger partial charge in [0.15, 0.2) is 0 Å². The minimum absolute atomic E-state index is 0.0112. The van der Waals surface area contributed by atoms with Crippen LogP contribution >= 0.6 is 0 Å². The molecule has 1 aliphatic carbocycles. The number of nitro benzene ring substituents is 2. The topological polar surface area (TPSA) is 160 Å². The first-order chi connectivity index (χ1) is 38.8. The Hall–Kier alpha value is -6.84. The molecular formula is C68H84N2O12. The molecule has 0 atom stereocenters. The number of benzene rings is 6. The van der Waals surface area contributed by atoms with Crippen LogP contribution in [0.25, 0.3) is 0 Å². The smallest absolute Gasteiger partial charge is 0.269 e. The highest BCUT2D eigenvalue weighted by atomic mass is 16.6. The molecule has 0 fully saturated rings. The van der Waals surface area contributed by atoms with E-state index in [0.29, 0.717) is 78.5 Å². The highest BCUT2D eigenvalue weighted by Gasteiger charge is 2.30. The largest absolute Gasteiger partial charge is 0.491 e. The normalized spacial score (nSPS) is 15.4. The second-order valence-corrected chi connectivity index (χ2v) is 25.8. The van der Waals surface area contributed by atoms with Crippen LogP contribution in [0.3, 0.4) is 0 Å². The van der Waals surface area contributed by atoms with Crippen LogP contribution in [0.4, 0.5) is 11.4 Å². The van der Waals surface area contributed by atoms with Gasteiger partial charge in [-0.05, 0) is 124 Å². The van der Waals surface area contributed by atoms with E-state index in [4.69, 9.17) is 37.9 Å². The third kappa shape index (κ3) is 16.0. The van der Waals surface area contributed by atoms with E-state index in [1.807, 2.05) is 0 Å². The van der Waals surface area contributed by atoms with Crippen LogP contribution < -0.4 is 18.9 Å². The van der Waals surface area contributed by atoms with Crippen molar-refractivity contribution in [3.8, 4) is 23.0 Å². The maximum Gasteiger partial charge on any atom is 0.269 e. The number of hydrogen-bond acceptors (Lipinski definition) is 12. The van der Waals surface area contributed by atoms with Gasteiger partial charge in [-0.3, -0.25) is 20.2 Å². The zero-order chi connectivity index (χ0) is 59.0. The number of nitrogens with zero attached hydrogens (tertiary/aromatic N) is 2. The Morgan fingerprint density at radius 2 is 0.598 bits per heavy atom. The molecule has 1 aliphatic heterocycles. The van der Waals surface area contributed by atoms with Crippen molar-refractivity contribution >= 4 is 11.4 Å². The number of rotatable bonds is 8. The predicted molar refractivity (Wildman–Crippen MR) is 321 cm³/mol. The van der Waals surface area contributed by atoms with Gasteiger partial charge >= 0.3 is 0 Å². The molecule has 14 nitrogen and oxygen atoms in total. The summed E-state index contributed by atoms with van der Waals surface area (Å²) in [5, 5.41) is 23.5. The molecule has 82 heavy (non-hydrogen) atoms. The second kappa shape index (κ2) is 26.2. The fourth-order valence-electron chi connectivity index (χ4n) is 10.3. The van der Waals surface area contributed by atoms with Gasteiger partial charge in [0.2, 0.25) is 0 Å². The minimum Gasteiger partial charge on any atom is -0.491 e. The van der Waals surface area contributed by atoms with Crippen molar-refractivity contribution in [2.75, 3.05) is 66.1 Å². The third-order valence-corrected chi connectivity index (χ3v) is 15.1. The summed E-state index contributed by atoms with van der Waals surface area (Å²) in [6, 6.07) is 31.3. The van der Waals surface area contributed by atoms with Crippen LogP contribution in [0.15, 0.2) is 97.1 Å². The lowest BCUT2D eigenvalue weighted by atomic mass is 9.79. The highest BCUT2D eigenvalue weighted by molar-refractivity contribution is 5.60. The van der Waals surface area contributed by atoms with E-state index in [1.54, 1.807) is 24.3 Å². The van der Waals surface area contributed by atoms with E-state index in [-0.39, 0.29) is 69.3 Å². The summed E-state index contributed by atoms with van der Waals surface area (Å²) < 4.78 is 52.6. The maximum atomic E-state index is 11.8. The molecule has 10 bridgehead atoms. The van der Waals surface area contributed by atoms with Gasteiger partial charge in [0.05, 0.1) is 62.7 Å². The minimum atomic E-state index is -0.389. The fraction of sp³-hybridized carbons (Fsp3) is 0.471. The van der Waals surface area contributed by atoms with E-state index >= 15 is 0 Å². The number of ether oxygens (including phenoxy) is 8. The monoisotopic (exact) mass is 1120 g/mol. The lowest BCUT2D eigenvalue weighted by Gasteiger charge is -2.29. The van der Waals surface area contributed by atoms with Crippen molar-refractivity contribution in [2.24, 2.45) is 0 Å². The standard InChI is InChI=1S/C68H84N2O12/c1-65(2,3)55-35-47-31-51-39-57(67(7,8)9)41-53(63(51)81-43-45-13-17-59(18-14-45)69(71)72)33-49-37-56(66(4,5)6)38-50-34-54-42-58(68(10,11)12)40-52(64(54)82-44-46-15-19-60(20-16-46)70(73)74)32-48(36-55)61(47)79-29-27-77-25-23-75-21-22-76-24-26-78-28-30-80-62(49)50/h13-20,35-42H,21-34,43-44H2,1-12H3. The van der Waals surface area contributed by atoms with E-state index in [0.717, 1.165) is 101 Å². The van der Waals surface area contributed by atoms with E-state index in [2.05, 4.69) is 132 Å². The predicted octanol–water partition coefficient (Wildman–Crippen LogP) is 14.4. The third-order valence-electron chi connectivity index (χ3n) is 15.1. The Kier molecular flexibility index (Phi) is 19.5. The zero-order valence-corrected chi connectivity index (χ0v) is 50.3. The molecule has 8 rings (SSSR count). The van der Waals surface area contributed by atoms with Gasteiger partial charge in [0.25, 0.3) is 11.4 Å². The summed E-state index contributed by atoms with van der Waals surface area (Å²) in [4.78, 5) is 22.8. The molecule has 6 aromatic rings. The summed E-state index contributed by atoms with van der Waals surface area (Å²) in [6.45, 7) is 30.7. The van der Waals surface area contributed by atoms with Crippen molar-refractivity contribution in [1.29, 1.82) is 0 Å².